The second kappa shape index (κ2) is 5.70. The fourth-order valence-electron chi connectivity index (χ4n) is 1.77. The van der Waals surface area contributed by atoms with E-state index in [4.69, 9.17) is 5.73 Å². The molecule has 2 unspecified atom stereocenters. The van der Waals surface area contributed by atoms with E-state index in [0.29, 0.717) is 11.2 Å². The van der Waals surface area contributed by atoms with Crippen LogP contribution in [0.2, 0.25) is 0 Å². The van der Waals surface area contributed by atoms with Crippen LogP contribution in [0.25, 0.3) is 10.2 Å². The lowest BCUT2D eigenvalue weighted by Crippen LogP contribution is -2.38. The molecule has 2 rings (SSSR count). The Morgan fingerprint density at radius 1 is 1.60 bits per heavy atom. The fraction of sp³-hybridized carbons (Fsp3) is 0.417. The van der Waals surface area contributed by atoms with Crippen molar-refractivity contribution in [2.75, 3.05) is 11.9 Å². The first-order valence-electron chi connectivity index (χ1n) is 6.11. The number of nitrogens with two attached hydrogens (primary N) is 1. The molecule has 1 aromatic heterocycles. The lowest BCUT2D eigenvalue weighted by Gasteiger charge is -2.16. The molecule has 8 heteroatoms. The van der Waals surface area contributed by atoms with Gasteiger partial charge in [0, 0.05) is 18.7 Å². The second-order valence-electron chi connectivity index (χ2n) is 4.61. The first kappa shape index (κ1) is 14.6. The third-order valence-electron chi connectivity index (χ3n) is 2.96. The Kier molecular flexibility index (Phi) is 4.17. The molecule has 0 aliphatic heterocycles. The summed E-state index contributed by atoms with van der Waals surface area (Å²) >= 11 is 1.41. The Labute approximate surface area is 119 Å². The minimum absolute atomic E-state index is 0.0149. The standard InChI is InChI=1S/C12H16N4O3S/c1-6(17)8(13)5-14-9-3-10-12(20-7(2)15-10)4-11(9)16(18)19/h3-4,6,8,14,17H,5,13H2,1-2H3. The number of thiazole rings is 1. The molecule has 0 bridgehead atoms. The Hall–Kier alpha value is -1.77. The molecule has 4 N–H and O–H groups in total. The van der Waals surface area contributed by atoms with Gasteiger partial charge in [-0.05, 0) is 19.9 Å². The van der Waals surface area contributed by atoms with Crippen LogP contribution in [-0.4, -0.2) is 33.7 Å². The van der Waals surface area contributed by atoms with Gasteiger partial charge in [-0.3, -0.25) is 10.1 Å². The van der Waals surface area contributed by atoms with Crippen LogP contribution < -0.4 is 11.1 Å². The number of aromatic nitrogens is 1. The van der Waals surface area contributed by atoms with Gasteiger partial charge in [0.15, 0.2) is 0 Å². The number of fused-ring (bicyclic) bond motifs is 1. The highest BCUT2D eigenvalue weighted by molar-refractivity contribution is 7.18. The number of benzene rings is 1. The molecule has 0 saturated heterocycles. The van der Waals surface area contributed by atoms with E-state index in [0.717, 1.165) is 9.71 Å². The van der Waals surface area contributed by atoms with Crippen molar-refractivity contribution in [1.29, 1.82) is 0 Å². The summed E-state index contributed by atoms with van der Waals surface area (Å²) in [4.78, 5) is 15.0. The summed E-state index contributed by atoms with van der Waals surface area (Å²) in [6, 6.07) is 2.66. The van der Waals surface area contributed by atoms with Crippen molar-refractivity contribution in [3.05, 3.63) is 27.3 Å². The zero-order valence-electron chi connectivity index (χ0n) is 11.2. The number of anilines is 1. The van der Waals surface area contributed by atoms with Gasteiger partial charge in [0.2, 0.25) is 0 Å². The Morgan fingerprint density at radius 3 is 2.90 bits per heavy atom. The first-order valence-corrected chi connectivity index (χ1v) is 6.93. The van der Waals surface area contributed by atoms with E-state index in [1.807, 2.05) is 6.92 Å². The largest absolute Gasteiger partial charge is 0.392 e. The number of nitro benzene ring substituents is 1. The molecule has 7 nitrogen and oxygen atoms in total. The summed E-state index contributed by atoms with van der Waals surface area (Å²) in [7, 11) is 0. The number of hydrogen-bond donors (Lipinski definition) is 3. The highest BCUT2D eigenvalue weighted by Gasteiger charge is 2.18. The van der Waals surface area contributed by atoms with Crippen LogP contribution in [0.3, 0.4) is 0 Å². The normalized spacial score (nSPS) is 14.2. The number of nitro groups is 1. The van der Waals surface area contributed by atoms with Gasteiger partial charge in [-0.15, -0.1) is 11.3 Å². The molecule has 0 amide bonds. The third kappa shape index (κ3) is 3.03. The summed E-state index contributed by atoms with van der Waals surface area (Å²) in [5.74, 6) is 0. The van der Waals surface area contributed by atoms with Crippen molar-refractivity contribution >= 4 is 32.9 Å². The predicted octanol–water partition coefficient (Wildman–Crippen LogP) is 1.63. The lowest BCUT2D eigenvalue weighted by molar-refractivity contribution is -0.383. The van der Waals surface area contributed by atoms with E-state index in [1.165, 1.54) is 17.4 Å². The van der Waals surface area contributed by atoms with Gasteiger partial charge < -0.3 is 16.2 Å². The summed E-state index contributed by atoms with van der Waals surface area (Å²) < 4.78 is 0.777. The monoisotopic (exact) mass is 296 g/mol. The number of aryl methyl sites for hydroxylation is 1. The van der Waals surface area contributed by atoms with Crippen molar-refractivity contribution in [2.45, 2.75) is 26.0 Å². The summed E-state index contributed by atoms with van der Waals surface area (Å²) in [5, 5.41) is 24.2. The highest BCUT2D eigenvalue weighted by Crippen LogP contribution is 2.32. The van der Waals surface area contributed by atoms with Crippen LogP contribution >= 0.6 is 11.3 Å². The van der Waals surface area contributed by atoms with E-state index in [9.17, 15) is 15.2 Å². The summed E-state index contributed by atoms with van der Waals surface area (Å²) in [6.07, 6.45) is -0.688. The molecular weight excluding hydrogens is 280 g/mol. The number of aliphatic hydroxyl groups is 1. The molecule has 1 heterocycles. The minimum Gasteiger partial charge on any atom is -0.392 e. The maximum atomic E-state index is 11.1. The molecule has 0 fully saturated rings. The van der Waals surface area contributed by atoms with Gasteiger partial charge >= 0.3 is 0 Å². The molecule has 0 aliphatic carbocycles. The van der Waals surface area contributed by atoms with E-state index in [-0.39, 0.29) is 12.2 Å². The van der Waals surface area contributed by atoms with Crippen molar-refractivity contribution in [3.63, 3.8) is 0 Å². The average Bonchev–Trinajstić information content (AvgIpc) is 2.73. The van der Waals surface area contributed by atoms with Crippen LogP contribution in [0.15, 0.2) is 12.1 Å². The van der Waals surface area contributed by atoms with Crippen molar-refractivity contribution in [3.8, 4) is 0 Å². The molecule has 0 radical (unpaired) electrons. The van der Waals surface area contributed by atoms with Crippen LogP contribution in [0.5, 0.6) is 0 Å². The quantitative estimate of drug-likeness (QED) is 0.570. The van der Waals surface area contributed by atoms with Crippen LogP contribution in [0.4, 0.5) is 11.4 Å². The molecule has 108 valence electrons. The van der Waals surface area contributed by atoms with Crippen molar-refractivity contribution < 1.29 is 10.0 Å². The smallest absolute Gasteiger partial charge is 0.293 e. The van der Waals surface area contributed by atoms with Gasteiger partial charge in [0.25, 0.3) is 5.69 Å². The Morgan fingerprint density at radius 2 is 2.30 bits per heavy atom. The maximum absolute atomic E-state index is 11.1. The zero-order valence-corrected chi connectivity index (χ0v) is 12.0. The average molecular weight is 296 g/mol. The van der Waals surface area contributed by atoms with Crippen molar-refractivity contribution in [2.24, 2.45) is 5.73 Å². The predicted molar refractivity (Wildman–Crippen MR) is 79.2 cm³/mol. The van der Waals surface area contributed by atoms with Crippen LogP contribution in [-0.2, 0) is 0 Å². The molecule has 2 atom stereocenters. The Balaban J connectivity index is 2.34. The summed E-state index contributed by atoms with van der Waals surface area (Å²) in [6.45, 7) is 3.67. The van der Waals surface area contributed by atoms with Gasteiger partial charge in [0.05, 0.1) is 26.3 Å². The van der Waals surface area contributed by atoms with Gasteiger partial charge in [-0.1, -0.05) is 0 Å². The minimum atomic E-state index is -0.688. The molecule has 2 aromatic rings. The van der Waals surface area contributed by atoms with Gasteiger partial charge in [-0.2, -0.15) is 0 Å². The van der Waals surface area contributed by atoms with E-state index >= 15 is 0 Å². The number of hydrogen-bond acceptors (Lipinski definition) is 7. The first-order chi connectivity index (χ1) is 9.38. The number of nitrogens with one attached hydrogen (secondary N) is 1. The van der Waals surface area contributed by atoms with Crippen LogP contribution in [0, 0.1) is 17.0 Å². The summed E-state index contributed by atoms with van der Waals surface area (Å²) in [5.41, 5.74) is 6.78. The molecule has 0 aliphatic rings. The zero-order chi connectivity index (χ0) is 14.9. The topological polar surface area (TPSA) is 114 Å². The van der Waals surface area contributed by atoms with Gasteiger partial charge in [-0.25, -0.2) is 4.98 Å². The van der Waals surface area contributed by atoms with E-state index in [2.05, 4.69) is 10.3 Å². The molecule has 0 spiro atoms. The fourth-order valence-corrected chi connectivity index (χ4v) is 2.61. The number of aliphatic hydroxyl groups excluding tert-OH is 1. The van der Waals surface area contributed by atoms with E-state index in [1.54, 1.807) is 13.0 Å². The Bertz CT molecular complexity index is 641. The molecule has 20 heavy (non-hydrogen) atoms. The third-order valence-corrected chi connectivity index (χ3v) is 3.89. The maximum Gasteiger partial charge on any atom is 0.293 e. The second-order valence-corrected chi connectivity index (χ2v) is 5.85. The number of rotatable bonds is 5. The molecule has 1 aromatic carbocycles. The van der Waals surface area contributed by atoms with Crippen LogP contribution in [0.1, 0.15) is 11.9 Å². The highest BCUT2D eigenvalue weighted by atomic mass is 32.1. The number of nitrogens with zero attached hydrogens (tertiary/aromatic N) is 2. The van der Waals surface area contributed by atoms with Crippen molar-refractivity contribution in [1.82, 2.24) is 4.98 Å². The lowest BCUT2D eigenvalue weighted by atomic mass is 10.2. The molecular formula is C12H16N4O3S. The van der Waals surface area contributed by atoms with E-state index < -0.39 is 17.1 Å². The molecule has 0 saturated carbocycles. The SMILES string of the molecule is Cc1nc2cc(NCC(N)C(C)O)c([N+](=O)[O-])cc2s1. The van der Waals surface area contributed by atoms with Gasteiger partial charge in [0.1, 0.15) is 5.69 Å².